The first-order valence-corrected chi connectivity index (χ1v) is 6.65. The predicted octanol–water partition coefficient (Wildman–Crippen LogP) is 3.93. The predicted molar refractivity (Wildman–Crippen MR) is 80.4 cm³/mol. The largest absolute Gasteiger partial charge is 0.373 e. The van der Waals surface area contributed by atoms with E-state index in [4.69, 9.17) is 0 Å². The summed E-state index contributed by atoms with van der Waals surface area (Å²) < 4.78 is 13.7. The smallest absolute Gasteiger partial charge is 0.136 e. The highest BCUT2D eigenvalue weighted by Gasteiger charge is 2.19. The Morgan fingerprint density at radius 3 is 2.35 bits per heavy atom. The molecule has 0 radical (unpaired) electrons. The van der Waals surface area contributed by atoms with Crippen molar-refractivity contribution >= 4 is 5.82 Å². The van der Waals surface area contributed by atoms with Gasteiger partial charge in [-0.15, -0.1) is 0 Å². The summed E-state index contributed by atoms with van der Waals surface area (Å²) in [5, 5.41) is 3.03. The van der Waals surface area contributed by atoms with E-state index in [9.17, 15) is 4.39 Å². The molecule has 4 heteroatoms. The van der Waals surface area contributed by atoms with Crippen molar-refractivity contribution in [1.29, 1.82) is 0 Å². The number of anilines is 1. The summed E-state index contributed by atoms with van der Waals surface area (Å²) in [5.74, 6) is 1.26. The first kappa shape index (κ1) is 14.4. The molecule has 0 aliphatic heterocycles. The number of aryl methyl sites for hydroxylation is 1. The van der Waals surface area contributed by atoms with E-state index >= 15 is 0 Å². The number of benzene rings is 1. The molecule has 2 rings (SSSR count). The molecule has 0 unspecified atom stereocenters. The monoisotopic (exact) mass is 273 g/mol. The van der Waals surface area contributed by atoms with E-state index in [0.29, 0.717) is 5.56 Å². The average Bonchev–Trinajstić information content (AvgIpc) is 2.40. The first-order valence-electron chi connectivity index (χ1n) is 6.65. The molecule has 1 aromatic carbocycles. The lowest BCUT2D eigenvalue weighted by atomic mass is 9.95. The van der Waals surface area contributed by atoms with Crippen LogP contribution in [0.5, 0.6) is 0 Å². The first-order chi connectivity index (χ1) is 9.31. The Balaban J connectivity index is 2.58. The third kappa shape index (κ3) is 2.95. The van der Waals surface area contributed by atoms with Gasteiger partial charge in [0.05, 0.1) is 5.69 Å². The van der Waals surface area contributed by atoms with E-state index in [0.717, 1.165) is 22.9 Å². The van der Waals surface area contributed by atoms with Crippen LogP contribution in [0.1, 0.15) is 32.2 Å². The molecule has 0 bridgehead atoms. The van der Waals surface area contributed by atoms with Gasteiger partial charge in [0.25, 0.3) is 0 Å². The molecule has 0 fully saturated rings. The normalized spacial score (nSPS) is 11.5. The topological polar surface area (TPSA) is 37.8 Å². The zero-order valence-corrected chi connectivity index (χ0v) is 12.6. The highest BCUT2D eigenvalue weighted by atomic mass is 19.1. The standard InChI is InChI=1S/C16H20FN3/c1-10-6-7-11(8-12(10)17)13-9-14(18-5)20-15(19-13)16(2,3)4/h6-9H,1-5H3,(H,18,19,20). The van der Waals surface area contributed by atoms with Crippen LogP contribution in [-0.2, 0) is 5.41 Å². The zero-order chi connectivity index (χ0) is 14.9. The highest BCUT2D eigenvalue weighted by Crippen LogP contribution is 2.26. The maximum atomic E-state index is 13.7. The molecule has 1 heterocycles. The molecule has 1 N–H and O–H groups in total. The number of halogens is 1. The minimum Gasteiger partial charge on any atom is -0.373 e. The zero-order valence-electron chi connectivity index (χ0n) is 12.6. The van der Waals surface area contributed by atoms with E-state index in [1.807, 2.05) is 19.2 Å². The Labute approximate surface area is 119 Å². The summed E-state index contributed by atoms with van der Waals surface area (Å²) in [4.78, 5) is 9.05. The van der Waals surface area contributed by atoms with Crippen LogP contribution in [0.15, 0.2) is 24.3 Å². The second-order valence-corrected chi connectivity index (χ2v) is 5.93. The van der Waals surface area contributed by atoms with Crippen molar-refractivity contribution in [2.45, 2.75) is 33.1 Å². The van der Waals surface area contributed by atoms with Crippen molar-refractivity contribution in [3.8, 4) is 11.3 Å². The minimum absolute atomic E-state index is 0.162. The minimum atomic E-state index is -0.218. The molecular formula is C16H20FN3. The average molecular weight is 273 g/mol. The molecule has 0 spiro atoms. The summed E-state index contributed by atoms with van der Waals surface area (Å²) in [7, 11) is 1.81. The molecule has 106 valence electrons. The number of hydrogen-bond acceptors (Lipinski definition) is 3. The second-order valence-electron chi connectivity index (χ2n) is 5.93. The van der Waals surface area contributed by atoms with Crippen LogP contribution in [0.4, 0.5) is 10.2 Å². The van der Waals surface area contributed by atoms with Gasteiger partial charge in [0.15, 0.2) is 0 Å². The number of nitrogens with one attached hydrogen (secondary N) is 1. The van der Waals surface area contributed by atoms with Crippen LogP contribution in [0.25, 0.3) is 11.3 Å². The van der Waals surface area contributed by atoms with Gasteiger partial charge in [-0.05, 0) is 18.6 Å². The molecule has 1 aromatic heterocycles. The lowest BCUT2D eigenvalue weighted by Gasteiger charge is -2.18. The van der Waals surface area contributed by atoms with Crippen LogP contribution in [-0.4, -0.2) is 17.0 Å². The summed E-state index contributed by atoms with van der Waals surface area (Å²) >= 11 is 0. The van der Waals surface area contributed by atoms with Gasteiger partial charge < -0.3 is 5.32 Å². The van der Waals surface area contributed by atoms with Crippen molar-refractivity contribution in [1.82, 2.24) is 9.97 Å². The van der Waals surface area contributed by atoms with Crippen LogP contribution >= 0.6 is 0 Å². The van der Waals surface area contributed by atoms with E-state index in [1.165, 1.54) is 6.07 Å². The van der Waals surface area contributed by atoms with Gasteiger partial charge in [0.2, 0.25) is 0 Å². The number of rotatable bonds is 2. The fraction of sp³-hybridized carbons (Fsp3) is 0.375. The Morgan fingerprint density at radius 1 is 1.10 bits per heavy atom. The summed E-state index contributed by atoms with van der Waals surface area (Å²) in [5.41, 5.74) is 1.96. The molecule has 20 heavy (non-hydrogen) atoms. The molecular weight excluding hydrogens is 253 g/mol. The molecule has 3 nitrogen and oxygen atoms in total. The van der Waals surface area contributed by atoms with Gasteiger partial charge in [0, 0.05) is 24.1 Å². The van der Waals surface area contributed by atoms with Crippen molar-refractivity contribution in [2.75, 3.05) is 12.4 Å². The summed E-state index contributed by atoms with van der Waals surface area (Å²) in [6, 6.07) is 7.00. The van der Waals surface area contributed by atoms with Crippen molar-refractivity contribution in [3.05, 3.63) is 41.5 Å². The number of hydrogen-bond donors (Lipinski definition) is 1. The lowest BCUT2D eigenvalue weighted by molar-refractivity contribution is 0.547. The summed E-state index contributed by atoms with van der Waals surface area (Å²) in [6.07, 6.45) is 0. The SMILES string of the molecule is CNc1cc(-c2ccc(C)c(F)c2)nc(C(C)(C)C)n1. The quantitative estimate of drug-likeness (QED) is 0.901. The molecule has 0 amide bonds. The molecule has 0 saturated heterocycles. The van der Waals surface area contributed by atoms with Gasteiger partial charge in [0.1, 0.15) is 17.5 Å². The van der Waals surface area contributed by atoms with E-state index in [-0.39, 0.29) is 11.2 Å². The molecule has 0 aliphatic rings. The Morgan fingerprint density at radius 2 is 1.80 bits per heavy atom. The van der Waals surface area contributed by atoms with Crippen molar-refractivity contribution < 1.29 is 4.39 Å². The van der Waals surface area contributed by atoms with Crippen LogP contribution in [0, 0.1) is 12.7 Å². The molecule has 0 saturated carbocycles. The van der Waals surface area contributed by atoms with Gasteiger partial charge in [-0.25, -0.2) is 14.4 Å². The third-order valence-corrected chi connectivity index (χ3v) is 3.12. The third-order valence-electron chi connectivity index (χ3n) is 3.12. The van der Waals surface area contributed by atoms with Crippen molar-refractivity contribution in [2.24, 2.45) is 0 Å². The lowest BCUT2D eigenvalue weighted by Crippen LogP contribution is -2.17. The molecule has 0 aliphatic carbocycles. The fourth-order valence-electron chi connectivity index (χ4n) is 1.81. The van der Waals surface area contributed by atoms with Gasteiger partial charge in [-0.3, -0.25) is 0 Å². The maximum absolute atomic E-state index is 13.7. The van der Waals surface area contributed by atoms with Crippen LogP contribution in [0.3, 0.4) is 0 Å². The number of aromatic nitrogens is 2. The fourth-order valence-corrected chi connectivity index (χ4v) is 1.81. The van der Waals surface area contributed by atoms with E-state index in [1.54, 1.807) is 13.0 Å². The maximum Gasteiger partial charge on any atom is 0.136 e. The molecule has 0 atom stereocenters. The van der Waals surface area contributed by atoms with Crippen LogP contribution < -0.4 is 5.32 Å². The van der Waals surface area contributed by atoms with Gasteiger partial charge >= 0.3 is 0 Å². The second kappa shape index (κ2) is 5.19. The van der Waals surface area contributed by atoms with E-state index < -0.39 is 0 Å². The van der Waals surface area contributed by atoms with E-state index in [2.05, 4.69) is 36.1 Å². The Bertz CT molecular complexity index is 630. The van der Waals surface area contributed by atoms with Crippen LogP contribution in [0.2, 0.25) is 0 Å². The summed E-state index contributed by atoms with van der Waals surface area (Å²) in [6.45, 7) is 7.92. The Hall–Kier alpha value is -1.97. The molecule has 2 aromatic rings. The highest BCUT2D eigenvalue weighted by molar-refractivity contribution is 5.63. The van der Waals surface area contributed by atoms with Gasteiger partial charge in [-0.1, -0.05) is 32.9 Å². The number of nitrogens with zero attached hydrogens (tertiary/aromatic N) is 2. The van der Waals surface area contributed by atoms with Crippen molar-refractivity contribution in [3.63, 3.8) is 0 Å². The van der Waals surface area contributed by atoms with Gasteiger partial charge in [-0.2, -0.15) is 0 Å². The Kier molecular flexibility index (Phi) is 3.75.